The van der Waals surface area contributed by atoms with E-state index < -0.39 is 22.1 Å². The van der Waals surface area contributed by atoms with Gasteiger partial charge < -0.3 is 9.64 Å². The molecule has 1 aromatic carbocycles. The zero-order valence-corrected chi connectivity index (χ0v) is 20.7. The third-order valence-corrected chi connectivity index (χ3v) is 7.92. The molecule has 1 fully saturated rings. The number of piperidine rings is 1. The van der Waals surface area contributed by atoms with Gasteiger partial charge >= 0.3 is 6.36 Å². The number of fused-ring (bicyclic) bond motifs is 1. The molecule has 12 heteroatoms. The van der Waals surface area contributed by atoms with Crippen LogP contribution < -0.4 is 14.4 Å². The van der Waals surface area contributed by atoms with E-state index in [1.165, 1.54) is 0 Å². The van der Waals surface area contributed by atoms with Crippen molar-refractivity contribution in [1.29, 1.82) is 0 Å². The largest absolute Gasteiger partial charge is 0.573 e. The van der Waals surface area contributed by atoms with Crippen molar-refractivity contribution in [3.63, 3.8) is 0 Å². The smallest absolute Gasteiger partial charge is 0.406 e. The number of aryl methyl sites for hydroxylation is 1. The SMILES string of the molecule is Cc1ccc(C2=Cc3c(ncnc3N3CCC(NS(=O)(=O)c4ccc(OC(F)(F)F)cc4)CC3)C2)cn1. The van der Waals surface area contributed by atoms with E-state index in [4.69, 9.17) is 0 Å². The molecule has 2 aromatic heterocycles. The number of sulfonamides is 1. The molecule has 0 spiro atoms. The van der Waals surface area contributed by atoms with E-state index in [9.17, 15) is 21.6 Å². The van der Waals surface area contributed by atoms with Gasteiger partial charge in [0.15, 0.2) is 0 Å². The van der Waals surface area contributed by atoms with Gasteiger partial charge in [0.2, 0.25) is 10.0 Å². The third-order valence-electron chi connectivity index (χ3n) is 6.39. The molecule has 1 aliphatic carbocycles. The molecular formula is C25H24F3N5O3S. The summed E-state index contributed by atoms with van der Waals surface area (Å²) in [6.07, 6.45) is 2.45. The lowest BCUT2D eigenvalue weighted by atomic mass is 10.1. The highest BCUT2D eigenvalue weighted by Gasteiger charge is 2.32. The number of rotatable bonds is 6. The lowest BCUT2D eigenvalue weighted by Crippen LogP contribution is -2.45. The van der Waals surface area contributed by atoms with Crippen molar-refractivity contribution in [2.75, 3.05) is 18.0 Å². The number of halogens is 3. The van der Waals surface area contributed by atoms with Gasteiger partial charge in [-0.25, -0.2) is 23.1 Å². The maximum Gasteiger partial charge on any atom is 0.573 e. The van der Waals surface area contributed by atoms with E-state index in [0.717, 1.165) is 58.2 Å². The van der Waals surface area contributed by atoms with Crippen molar-refractivity contribution >= 4 is 27.5 Å². The van der Waals surface area contributed by atoms with Crippen LogP contribution >= 0.6 is 0 Å². The number of benzene rings is 1. The van der Waals surface area contributed by atoms with Crippen LogP contribution in [0.3, 0.4) is 0 Å². The van der Waals surface area contributed by atoms with Gasteiger partial charge in [0.1, 0.15) is 17.9 Å². The zero-order chi connectivity index (χ0) is 26.2. The molecule has 3 aromatic rings. The van der Waals surface area contributed by atoms with Gasteiger partial charge in [-0.3, -0.25) is 4.98 Å². The number of ether oxygens (including phenoxy) is 1. The van der Waals surface area contributed by atoms with Crippen LogP contribution in [-0.4, -0.2) is 48.9 Å². The fourth-order valence-electron chi connectivity index (χ4n) is 4.53. The minimum absolute atomic E-state index is 0.124. The Morgan fingerprint density at radius 1 is 1.03 bits per heavy atom. The average molecular weight is 532 g/mol. The molecule has 2 aliphatic rings. The van der Waals surface area contributed by atoms with E-state index in [2.05, 4.69) is 35.4 Å². The van der Waals surface area contributed by atoms with E-state index in [-0.39, 0.29) is 10.9 Å². The second-order valence-electron chi connectivity index (χ2n) is 8.99. The fourth-order valence-corrected chi connectivity index (χ4v) is 5.83. The van der Waals surface area contributed by atoms with Crippen LogP contribution in [0.15, 0.2) is 53.8 Å². The summed E-state index contributed by atoms with van der Waals surface area (Å²) >= 11 is 0. The number of hydrogen-bond donors (Lipinski definition) is 1. The average Bonchev–Trinajstić information content (AvgIpc) is 3.29. The normalized spacial score (nSPS) is 16.4. The summed E-state index contributed by atoms with van der Waals surface area (Å²) in [6.45, 7) is 3.12. The first-order valence-electron chi connectivity index (χ1n) is 11.7. The molecule has 0 amide bonds. The fraction of sp³-hybridized carbons (Fsp3) is 0.320. The third kappa shape index (κ3) is 5.75. The summed E-state index contributed by atoms with van der Waals surface area (Å²) in [7, 11) is -3.90. The molecule has 37 heavy (non-hydrogen) atoms. The summed E-state index contributed by atoms with van der Waals surface area (Å²) < 4.78 is 69.1. The molecule has 0 atom stereocenters. The number of nitrogens with one attached hydrogen (secondary N) is 1. The Kier molecular flexibility index (Phi) is 6.63. The molecule has 1 N–H and O–H groups in total. The van der Waals surface area contributed by atoms with E-state index in [0.29, 0.717) is 32.4 Å². The second-order valence-corrected chi connectivity index (χ2v) is 10.7. The Morgan fingerprint density at radius 3 is 2.41 bits per heavy atom. The highest BCUT2D eigenvalue weighted by Crippen LogP contribution is 2.35. The maximum atomic E-state index is 12.8. The minimum atomic E-state index is -4.84. The molecule has 5 rings (SSSR count). The summed E-state index contributed by atoms with van der Waals surface area (Å²) in [5.74, 6) is 0.342. The van der Waals surface area contributed by atoms with Gasteiger partial charge in [0.05, 0.1) is 10.6 Å². The molecule has 1 saturated heterocycles. The van der Waals surface area contributed by atoms with Crippen molar-refractivity contribution in [2.24, 2.45) is 0 Å². The number of anilines is 1. The van der Waals surface area contributed by atoms with E-state index in [1.807, 2.05) is 25.3 Å². The molecule has 0 radical (unpaired) electrons. The number of pyridine rings is 1. The van der Waals surface area contributed by atoms with Crippen LogP contribution in [0.5, 0.6) is 5.75 Å². The Bertz CT molecular complexity index is 1420. The second kappa shape index (κ2) is 9.75. The minimum Gasteiger partial charge on any atom is -0.406 e. The van der Waals surface area contributed by atoms with Crippen LogP contribution in [0.1, 0.15) is 35.4 Å². The van der Waals surface area contributed by atoms with Crippen LogP contribution in [0.2, 0.25) is 0 Å². The number of alkyl halides is 3. The molecule has 194 valence electrons. The topological polar surface area (TPSA) is 97.3 Å². The molecule has 3 heterocycles. The van der Waals surface area contributed by atoms with Gasteiger partial charge in [0.25, 0.3) is 0 Å². The highest BCUT2D eigenvalue weighted by atomic mass is 32.2. The lowest BCUT2D eigenvalue weighted by Gasteiger charge is -2.33. The van der Waals surface area contributed by atoms with Gasteiger partial charge in [-0.2, -0.15) is 0 Å². The van der Waals surface area contributed by atoms with Crippen molar-refractivity contribution in [2.45, 2.75) is 43.5 Å². The monoisotopic (exact) mass is 531 g/mol. The molecule has 0 bridgehead atoms. The quantitative estimate of drug-likeness (QED) is 0.511. The van der Waals surface area contributed by atoms with Crippen molar-refractivity contribution in [3.8, 4) is 5.75 Å². The summed E-state index contributed by atoms with van der Waals surface area (Å²) in [4.78, 5) is 15.4. The first kappa shape index (κ1) is 25.2. The maximum absolute atomic E-state index is 12.8. The highest BCUT2D eigenvalue weighted by molar-refractivity contribution is 7.89. The predicted octanol–water partition coefficient (Wildman–Crippen LogP) is 4.12. The van der Waals surface area contributed by atoms with E-state index in [1.54, 1.807) is 6.33 Å². The molecule has 0 unspecified atom stereocenters. The molecule has 1 aliphatic heterocycles. The number of hydrogen-bond acceptors (Lipinski definition) is 7. The Hall–Kier alpha value is -3.51. The first-order chi connectivity index (χ1) is 17.6. The number of allylic oxidation sites excluding steroid dienone is 1. The summed E-state index contributed by atoms with van der Waals surface area (Å²) in [6, 6.07) is 7.85. The summed E-state index contributed by atoms with van der Waals surface area (Å²) in [5.41, 5.74) is 5.03. The molecule has 0 saturated carbocycles. The molecule has 8 nitrogen and oxygen atoms in total. The Labute approximate surface area is 212 Å². The van der Waals surface area contributed by atoms with Gasteiger partial charge in [-0.1, -0.05) is 6.07 Å². The number of aromatic nitrogens is 3. The van der Waals surface area contributed by atoms with Gasteiger partial charge in [0, 0.05) is 43.0 Å². The van der Waals surface area contributed by atoms with Crippen LogP contribution in [0, 0.1) is 6.92 Å². The van der Waals surface area contributed by atoms with Crippen LogP contribution in [-0.2, 0) is 16.4 Å². The Morgan fingerprint density at radius 2 is 1.76 bits per heavy atom. The van der Waals surface area contributed by atoms with Crippen LogP contribution in [0.25, 0.3) is 11.6 Å². The van der Waals surface area contributed by atoms with Gasteiger partial charge in [-0.15, -0.1) is 13.2 Å². The number of nitrogens with zero attached hydrogens (tertiary/aromatic N) is 4. The standard InChI is InChI=1S/C25H24F3N5O3S/c1-16-2-3-17(14-29-16)18-12-22-23(13-18)30-15-31-24(22)33-10-8-19(9-11-33)32-37(34,35)21-6-4-20(5-7-21)36-25(26,27)28/h2-7,12,14-15,19,32H,8-11,13H2,1H3. The predicted molar refractivity (Wildman–Crippen MR) is 131 cm³/mol. The van der Waals surface area contributed by atoms with E-state index >= 15 is 0 Å². The molecular weight excluding hydrogens is 507 g/mol. The van der Waals surface area contributed by atoms with Gasteiger partial charge in [-0.05, 0) is 67.3 Å². The van der Waals surface area contributed by atoms with Crippen molar-refractivity contribution < 1.29 is 26.3 Å². The van der Waals surface area contributed by atoms with Crippen molar-refractivity contribution in [3.05, 3.63) is 71.4 Å². The first-order valence-corrected chi connectivity index (χ1v) is 13.2. The van der Waals surface area contributed by atoms with Crippen molar-refractivity contribution in [1.82, 2.24) is 19.7 Å². The zero-order valence-electron chi connectivity index (χ0n) is 19.9. The lowest BCUT2D eigenvalue weighted by molar-refractivity contribution is -0.274. The van der Waals surface area contributed by atoms with Crippen LogP contribution in [0.4, 0.5) is 19.0 Å². The Balaban J connectivity index is 1.24. The summed E-state index contributed by atoms with van der Waals surface area (Å²) in [5, 5.41) is 0.